The maximum Gasteiger partial charge on any atom is 0.410 e. The number of rotatable bonds is 3. The highest BCUT2D eigenvalue weighted by molar-refractivity contribution is 5.68. The molecule has 1 heterocycles. The molecule has 0 aliphatic carbocycles. The second kappa shape index (κ2) is 5.74. The Bertz CT molecular complexity index is 319. The number of amides is 1. The molecule has 1 fully saturated rings. The molecule has 1 amide bonds. The van der Waals surface area contributed by atoms with Gasteiger partial charge in [-0.15, -0.1) is 0 Å². The molecule has 0 radical (unpaired) electrons. The zero-order chi connectivity index (χ0) is 13.9. The topological polar surface area (TPSA) is 38.8 Å². The molecule has 4 nitrogen and oxygen atoms in total. The summed E-state index contributed by atoms with van der Waals surface area (Å²) in [6, 6.07) is 0. The number of carbonyl (C=O) groups is 1. The van der Waals surface area contributed by atoms with Gasteiger partial charge >= 0.3 is 6.09 Å². The highest BCUT2D eigenvalue weighted by Gasteiger charge is 2.37. The first-order chi connectivity index (χ1) is 8.24. The van der Waals surface area contributed by atoms with Crippen LogP contribution in [0.15, 0.2) is 12.2 Å². The molecule has 18 heavy (non-hydrogen) atoms. The van der Waals surface area contributed by atoms with E-state index in [1.807, 2.05) is 27.7 Å². The maximum atomic E-state index is 12.0. The summed E-state index contributed by atoms with van der Waals surface area (Å²) in [6.45, 7) is 13.7. The Morgan fingerprint density at radius 2 is 2.00 bits per heavy atom. The Labute approximate surface area is 110 Å². The zero-order valence-corrected chi connectivity index (χ0v) is 12.2. The third-order valence-electron chi connectivity index (χ3n) is 3.11. The molecule has 104 valence electrons. The van der Waals surface area contributed by atoms with Crippen LogP contribution in [0.4, 0.5) is 4.79 Å². The lowest BCUT2D eigenvalue weighted by Gasteiger charge is -2.24. The van der Waals surface area contributed by atoms with Crippen LogP contribution in [-0.2, 0) is 9.47 Å². The van der Waals surface area contributed by atoms with E-state index in [4.69, 9.17) is 9.47 Å². The van der Waals surface area contributed by atoms with Gasteiger partial charge in [0.15, 0.2) is 0 Å². The second-order valence-corrected chi connectivity index (χ2v) is 6.05. The van der Waals surface area contributed by atoms with Crippen LogP contribution in [0.3, 0.4) is 0 Å². The Hall–Kier alpha value is -1.03. The van der Waals surface area contributed by atoms with E-state index < -0.39 is 5.60 Å². The van der Waals surface area contributed by atoms with E-state index in [-0.39, 0.29) is 6.09 Å². The number of ether oxygens (including phenoxy) is 2. The monoisotopic (exact) mass is 255 g/mol. The van der Waals surface area contributed by atoms with E-state index in [0.29, 0.717) is 31.5 Å². The second-order valence-electron chi connectivity index (χ2n) is 6.05. The molecule has 1 rings (SSSR count). The van der Waals surface area contributed by atoms with Crippen LogP contribution in [-0.4, -0.2) is 43.4 Å². The molecule has 1 saturated heterocycles. The number of carbonyl (C=O) groups excluding carboxylic acids is 1. The van der Waals surface area contributed by atoms with E-state index in [9.17, 15) is 4.79 Å². The predicted molar refractivity (Wildman–Crippen MR) is 71.5 cm³/mol. The van der Waals surface area contributed by atoms with Crippen LogP contribution < -0.4 is 0 Å². The zero-order valence-electron chi connectivity index (χ0n) is 12.2. The van der Waals surface area contributed by atoms with Gasteiger partial charge in [-0.05, 0) is 27.7 Å². The fourth-order valence-electron chi connectivity index (χ4n) is 2.29. The molecule has 1 aliphatic heterocycles. The van der Waals surface area contributed by atoms with Gasteiger partial charge in [0.25, 0.3) is 0 Å². The summed E-state index contributed by atoms with van der Waals surface area (Å²) in [6.07, 6.45) is -0.243. The minimum atomic E-state index is -0.449. The van der Waals surface area contributed by atoms with Gasteiger partial charge in [0.2, 0.25) is 0 Å². The number of methoxy groups -OCH3 is 1. The van der Waals surface area contributed by atoms with Crippen molar-refractivity contribution in [1.29, 1.82) is 0 Å². The average molecular weight is 255 g/mol. The SMILES string of the molecule is C=C(C)[C@H]1CN(C(=O)OC(C)(C)C)C[C@H]1COC. The van der Waals surface area contributed by atoms with Crippen LogP contribution >= 0.6 is 0 Å². The van der Waals surface area contributed by atoms with Crippen LogP contribution in [0.2, 0.25) is 0 Å². The molecule has 1 aliphatic rings. The van der Waals surface area contributed by atoms with Gasteiger partial charge in [0.1, 0.15) is 5.60 Å². The fraction of sp³-hybridized carbons (Fsp3) is 0.786. The highest BCUT2D eigenvalue weighted by Crippen LogP contribution is 2.29. The van der Waals surface area contributed by atoms with Gasteiger partial charge in [-0.1, -0.05) is 12.2 Å². The third-order valence-corrected chi connectivity index (χ3v) is 3.11. The quantitative estimate of drug-likeness (QED) is 0.728. The molecular weight excluding hydrogens is 230 g/mol. The van der Waals surface area contributed by atoms with E-state index in [1.165, 1.54) is 0 Å². The summed E-state index contributed by atoms with van der Waals surface area (Å²) in [5.74, 6) is 0.623. The van der Waals surface area contributed by atoms with E-state index >= 15 is 0 Å². The van der Waals surface area contributed by atoms with Gasteiger partial charge in [-0.3, -0.25) is 0 Å². The first-order valence-corrected chi connectivity index (χ1v) is 6.37. The largest absolute Gasteiger partial charge is 0.444 e. The van der Waals surface area contributed by atoms with Crippen molar-refractivity contribution in [2.45, 2.75) is 33.3 Å². The molecule has 0 spiro atoms. The lowest BCUT2D eigenvalue weighted by molar-refractivity contribution is 0.0279. The highest BCUT2D eigenvalue weighted by atomic mass is 16.6. The lowest BCUT2D eigenvalue weighted by atomic mass is 9.91. The molecule has 0 aromatic carbocycles. The number of nitrogens with zero attached hydrogens (tertiary/aromatic N) is 1. The molecule has 4 heteroatoms. The molecule has 0 aromatic rings. The first kappa shape index (κ1) is 15.0. The minimum Gasteiger partial charge on any atom is -0.444 e. The maximum absolute atomic E-state index is 12.0. The van der Waals surface area contributed by atoms with E-state index in [1.54, 1.807) is 12.0 Å². The number of hydrogen-bond acceptors (Lipinski definition) is 3. The summed E-state index contributed by atoms with van der Waals surface area (Å²) in [4.78, 5) is 13.8. The van der Waals surface area contributed by atoms with Gasteiger partial charge < -0.3 is 14.4 Å². The van der Waals surface area contributed by atoms with Crippen molar-refractivity contribution in [3.63, 3.8) is 0 Å². The Morgan fingerprint density at radius 1 is 1.39 bits per heavy atom. The summed E-state index contributed by atoms with van der Waals surface area (Å²) in [7, 11) is 1.69. The van der Waals surface area contributed by atoms with Crippen molar-refractivity contribution in [3.05, 3.63) is 12.2 Å². The van der Waals surface area contributed by atoms with Crippen LogP contribution in [0.5, 0.6) is 0 Å². The number of hydrogen-bond donors (Lipinski definition) is 0. The van der Waals surface area contributed by atoms with Crippen molar-refractivity contribution in [2.75, 3.05) is 26.8 Å². The molecule has 0 aromatic heterocycles. The van der Waals surface area contributed by atoms with E-state index in [0.717, 1.165) is 5.57 Å². The summed E-state index contributed by atoms with van der Waals surface area (Å²) < 4.78 is 10.6. The first-order valence-electron chi connectivity index (χ1n) is 6.37. The Morgan fingerprint density at radius 3 is 2.44 bits per heavy atom. The molecule has 0 N–H and O–H groups in total. The van der Waals surface area contributed by atoms with Crippen LogP contribution in [0, 0.1) is 11.8 Å². The smallest absolute Gasteiger partial charge is 0.410 e. The molecule has 0 saturated carbocycles. The third kappa shape index (κ3) is 4.02. The molecular formula is C14H25NO3. The van der Waals surface area contributed by atoms with Crippen molar-refractivity contribution in [1.82, 2.24) is 4.90 Å². The fourth-order valence-corrected chi connectivity index (χ4v) is 2.29. The molecule has 0 unspecified atom stereocenters. The van der Waals surface area contributed by atoms with Gasteiger partial charge in [-0.2, -0.15) is 0 Å². The summed E-state index contributed by atoms with van der Waals surface area (Å²) in [5.41, 5.74) is 0.651. The summed E-state index contributed by atoms with van der Waals surface area (Å²) >= 11 is 0. The van der Waals surface area contributed by atoms with Crippen molar-refractivity contribution in [3.8, 4) is 0 Å². The van der Waals surface area contributed by atoms with Gasteiger partial charge in [-0.25, -0.2) is 4.79 Å². The molecule has 2 atom stereocenters. The lowest BCUT2D eigenvalue weighted by Crippen LogP contribution is -2.35. The van der Waals surface area contributed by atoms with Gasteiger partial charge in [0, 0.05) is 32.0 Å². The summed E-state index contributed by atoms with van der Waals surface area (Å²) in [5, 5.41) is 0. The van der Waals surface area contributed by atoms with Crippen molar-refractivity contribution in [2.24, 2.45) is 11.8 Å². The van der Waals surface area contributed by atoms with Crippen LogP contribution in [0.1, 0.15) is 27.7 Å². The van der Waals surface area contributed by atoms with Crippen molar-refractivity contribution >= 4 is 6.09 Å². The van der Waals surface area contributed by atoms with Gasteiger partial charge in [0.05, 0.1) is 6.61 Å². The standard InChI is InChI=1S/C14H25NO3/c1-10(2)12-8-15(7-11(12)9-17-6)13(16)18-14(3,4)5/h11-12H,1,7-9H2,2-6H3/t11-,12+/m0/s1. The normalized spacial score (nSPS) is 24.2. The van der Waals surface area contributed by atoms with E-state index in [2.05, 4.69) is 6.58 Å². The number of likely N-dealkylation sites (tertiary alicyclic amines) is 1. The average Bonchev–Trinajstić information content (AvgIpc) is 2.59. The van der Waals surface area contributed by atoms with Crippen LogP contribution in [0.25, 0.3) is 0 Å². The van der Waals surface area contributed by atoms with Crippen molar-refractivity contribution < 1.29 is 14.3 Å². The molecule has 0 bridgehead atoms. The minimum absolute atomic E-state index is 0.243. The predicted octanol–water partition coefficient (Wildman–Crippen LogP) is 2.69. The Kier molecular flexibility index (Phi) is 4.79. The Balaban J connectivity index is 2.65.